The van der Waals surface area contributed by atoms with E-state index in [1.807, 2.05) is 26.8 Å². The van der Waals surface area contributed by atoms with Crippen molar-refractivity contribution in [1.29, 1.82) is 0 Å². The van der Waals surface area contributed by atoms with E-state index in [4.69, 9.17) is 13.9 Å². The van der Waals surface area contributed by atoms with Gasteiger partial charge in [0.1, 0.15) is 12.2 Å². The summed E-state index contributed by atoms with van der Waals surface area (Å²) in [5, 5.41) is 11.9. The third-order valence-electron chi connectivity index (χ3n) is 10.1. The molecule has 0 spiro atoms. The first-order chi connectivity index (χ1) is 17.4. The van der Waals surface area contributed by atoms with Gasteiger partial charge in [0, 0.05) is 12.3 Å². The first kappa shape index (κ1) is 31.3. The molecule has 1 heterocycles. The lowest BCUT2D eigenvalue weighted by Crippen LogP contribution is -2.56. The van der Waals surface area contributed by atoms with Crippen LogP contribution in [-0.2, 0) is 23.5 Å². The fourth-order valence-electron chi connectivity index (χ4n) is 6.34. The molecule has 8 unspecified atom stereocenters. The van der Waals surface area contributed by atoms with Gasteiger partial charge in [-0.25, -0.2) is 0 Å². The molecular formula is C31H54O6Si. The van der Waals surface area contributed by atoms with Crippen molar-refractivity contribution in [2.45, 2.75) is 142 Å². The Morgan fingerprint density at radius 2 is 1.82 bits per heavy atom. The van der Waals surface area contributed by atoms with Crippen LogP contribution in [0, 0.1) is 29.1 Å². The number of aliphatic hydroxyl groups is 1. The highest BCUT2D eigenvalue weighted by Gasteiger charge is 2.53. The normalized spacial score (nSPS) is 36.4. The fraction of sp³-hybridized carbons (Fsp3) is 0.871. The van der Waals surface area contributed by atoms with E-state index in [0.717, 1.165) is 19.3 Å². The summed E-state index contributed by atoms with van der Waals surface area (Å²) in [7, 11) is -2.00. The number of carbonyl (C=O) groups excluding carboxylic acids is 2. The molecule has 0 amide bonds. The molecule has 6 nitrogen and oxygen atoms in total. The van der Waals surface area contributed by atoms with Crippen LogP contribution in [0.2, 0.25) is 18.1 Å². The van der Waals surface area contributed by atoms with Crippen LogP contribution in [0.3, 0.4) is 0 Å². The topological polar surface area (TPSA) is 82.1 Å². The predicted molar refractivity (Wildman–Crippen MR) is 153 cm³/mol. The molecule has 3 rings (SSSR count). The van der Waals surface area contributed by atoms with Gasteiger partial charge >= 0.3 is 11.9 Å². The van der Waals surface area contributed by atoms with E-state index in [9.17, 15) is 14.7 Å². The Kier molecular flexibility index (Phi) is 9.37. The SMILES string of the molecule is CCC(C)(C)C(=O)OC1CC(C)CC2(O)C=CC(C)C(CCC3CC(O[Si](C)(C)C(C)(C)C)CC(=O)O3)C12. The summed E-state index contributed by atoms with van der Waals surface area (Å²) in [6.07, 6.45) is 8.13. The molecule has 7 heteroatoms. The van der Waals surface area contributed by atoms with Gasteiger partial charge in [0.05, 0.1) is 23.5 Å². The van der Waals surface area contributed by atoms with Gasteiger partial charge in [0.25, 0.3) is 0 Å². The van der Waals surface area contributed by atoms with Crippen molar-refractivity contribution in [3.8, 4) is 0 Å². The summed E-state index contributed by atoms with van der Waals surface area (Å²) >= 11 is 0. The van der Waals surface area contributed by atoms with Crippen LogP contribution >= 0.6 is 0 Å². The zero-order chi connectivity index (χ0) is 28.7. The molecule has 0 radical (unpaired) electrons. The highest BCUT2D eigenvalue weighted by molar-refractivity contribution is 6.74. The molecule has 218 valence electrons. The second-order valence-electron chi connectivity index (χ2n) is 14.8. The van der Waals surface area contributed by atoms with E-state index in [1.54, 1.807) is 0 Å². The molecule has 0 aromatic carbocycles. The standard InChI is InChI=1S/C31H54O6Si/c1-11-30(7,8)28(33)36-25-16-20(2)19-31(34)15-14-21(3)24(27(25)31)13-12-22-17-23(18-26(32)35-22)37-38(9,10)29(4,5)6/h14-15,20-25,27,34H,11-13,16-19H2,1-10H3. The number of rotatable bonds is 8. The summed E-state index contributed by atoms with van der Waals surface area (Å²) in [5.74, 6) is 0.0689. The van der Waals surface area contributed by atoms with Crippen molar-refractivity contribution >= 4 is 20.3 Å². The molecule has 1 saturated carbocycles. The molecule has 0 aromatic rings. The largest absolute Gasteiger partial charge is 0.462 e. The molecule has 2 fully saturated rings. The van der Waals surface area contributed by atoms with Crippen LogP contribution in [0.4, 0.5) is 0 Å². The fourth-order valence-corrected chi connectivity index (χ4v) is 7.71. The zero-order valence-corrected chi connectivity index (χ0v) is 26.6. The van der Waals surface area contributed by atoms with Gasteiger partial charge in [-0.15, -0.1) is 0 Å². The highest BCUT2D eigenvalue weighted by atomic mass is 28.4. The number of hydrogen-bond donors (Lipinski definition) is 1. The molecule has 0 bridgehead atoms. The van der Waals surface area contributed by atoms with E-state index in [0.29, 0.717) is 25.7 Å². The molecule has 8 atom stereocenters. The molecule has 38 heavy (non-hydrogen) atoms. The van der Waals surface area contributed by atoms with Crippen molar-refractivity contribution in [2.75, 3.05) is 0 Å². The predicted octanol–water partition coefficient (Wildman–Crippen LogP) is 6.81. The molecule has 0 aromatic heterocycles. The summed E-state index contributed by atoms with van der Waals surface area (Å²) in [4.78, 5) is 25.7. The van der Waals surface area contributed by atoms with Crippen molar-refractivity contribution < 1.29 is 28.6 Å². The van der Waals surface area contributed by atoms with E-state index in [-0.39, 0.29) is 59.0 Å². The van der Waals surface area contributed by atoms with E-state index < -0.39 is 19.3 Å². The Bertz CT molecular complexity index is 889. The van der Waals surface area contributed by atoms with Gasteiger partial charge in [-0.3, -0.25) is 9.59 Å². The molecule has 3 aliphatic rings. The Balaban J connectivity index is 1.76. The average molecular weight is 551 g/mol. The molecule has 2 aliphatic carbocycles. The quantitative estimate of drug-likeness (QED) is 0.203. The van der Waals surface area contributed by atoms with Gasteiger partial charge in [-0.2, -0.15) is 0 Å². The average Bonchev–Trinajstić information content (AvgIpc) is 2.77. The Hall–Kier alpha value is -1.18. The second kappa shape index (κ2) is 11.4. The minimum absolute atomic E-state index is 0.0784. The van der Waals surface area contributed by atoms with E-state index in [2.05, 4.69) is 53.8 Å². The number of allylic oxidation sites excluding steroid dienone is 1. The lowest BCUT2D eigenvalue weighted by Gasteiger charge is -2.52. The van der Waals surface area contributed by atoms with Gasteiger partial charge in [0.15, 0.2) is 8.32 Å². The molecule has 1 saturated heterocycles. The zero-order valence-electron chi connectivity index (χ0n) is 25.6. The van der Waals surface area contributed by atoms with Crippen molar-refractivity contribution in [1.82, 2.24) is 0 Å². The maximum atomic E-state index is 13.1. The van der Waals surface area contributed by atoms with Gasteiger partial charge < -0.3 is 19.0 Å². The van der Waals surface area contributed by atoms with Crippen molar-refractivity contribution in [3.63, 3.8) is 0 Å². The third-order valence-corrected chi connectivity index (χ3v) is 14.7. The number of carbonyl (C=O) groups is 2. The van der Waals surface area contributed by atoms with Crippen molar-refractivity contribution in [2.24, 2.45) is 29.1 Å². The third kappa shape index (κ3) is 6.93. The first-order valence-electron chi connectivity index (χ1n) is 14.9. The molecule has 1 aliphatic heterocycles. The molecular weight excluding hydrogens is 496 g/mol. The minimum atomic E-state index is -2.00. The Morgan fingerprint density at radius 3 is 2.42 bits per heavy atom. The summed E-state index contributed by atoms with van der Waals surface area (Å²) in [6, 6.07) is 0. The Morgan fingerprint density at radius 1 is 1.16 bits per heavy atom. The van der Waals surface area contributed by atoms with Crippen molar-refractivity contribution in [3.05, 3.63) is 12.2 Å². The van der Waals surface area contributed by atoms with Crippen LogP contribution < -0.4 is 0 Å². The van der Waals surface area contributed by atoms with Gasteiger partial charge in [-0.1, -0.05) is 53.7 Å². The van der Waals surface area contributed by atoms with Crippen LogP contribution in [-0.4, -0.2) is 49.3 Å². The van der Waals surface area contributed by atoms with Crippen LogP contribution in [0.5, 0.6) is 0 Å². The smallest absolute Gasteiger partial charge is 0.311 e. The van der Waals surface area contributed by atoms with E-state index >= 15 is 0 Å². The lowest BCUT2D eigenvalue weighted by atomic mass is 9.58. The number of ether oxygens (including phenoxy) is 2. The number of esters is 2. The summed E-state index contributed by atoms with van der Waals surface area (Å²) in [5.41, 5.74) is -1.55. The first-order valence-corrected chi connectivity index (χ1v) is 17.8. The van der Waals surface area contributed by atoms with E-state index in [1.165, 1.54) is 0 Å². The molecule has 1 N–H and O–H groups in total. The maximum absolute atomic E-state index is 13.1. The van der Waals surface area contributed by atoms with Gasteiger partial charge in [-0.05, 0) is 81.8 Å². The highest BCUT2D eigenvalue weighted by Crippen LogP contribution is 2.50. The summed E-state index contributed by atoms with van der Waals surface area (Å²) < 4.78 is 18.6. The Labute approximate surface area is 232 Å². The van der Waals surface area contributed by atoms with Crippen LogP contribution in [0.1, 0.15) is 100 Å². The van der Waals surface area contributed by atoms with Crippen LogP contribution in [0.25, 0.3) is 0 Å². The number of fused-ring (bicyclic) bond motifs is 1. The monoisotopic (exact) mass is 550 g/mol. The minimum Gasteiger partial charge on any atom is -0.462 e. The number of hydrogen-bond acceptors (Lipinski definition) is 6. The summed E-state index contributed by atoms with van der Waals surface area (Å²) in [6.45, 7) is 21.3. The van der Waals surface area contributed by atoms with Crippen LogP contribution in [0.15, 0.2) is 12.2 Å². The second-order valence-corrected chi connectivity index (χ2v) is 19.5. The lowest BCUT2D eigenvalue weighted by molar-refractivity contribution is -0.184. The number of cyclic esters (lactones) is 1. The van der Waals surface area contributed by atoms with Gasteiger partial charge in [0.2, 0.25) is 0 Å². The maximum Gasteiger partial charge on any atom is 0.311 e.